The van der Waals surface area contributed by atoms with Crippen molar-refractivity contribution in [1.82, 2.24) is 0 Å². The van der Waals surface area contributed by atoms with Gasteiger partial charge in [-0.25, -0.2) is 38.0 Å². The molecule has 0 heterocycles. The van der Waals surface area contributed by atoms with Gasteiger partial charge in [0.15, 0.2) is 42.7 Å². The predicted molar refractivity (Wildman–Crippen MR) is 368 cm³/mol. The number of rotatable bonds is 25. The Balaban J connectivity index is 0.000000560. The lowest BCUT2D eigenvalue weighted by molar-refractivity contribution is -0.147. The number of ether oxygens (including phenoxy) is 7. The molecule has 5 unspecified atom stereocenters. The van der Waals surface area contributed by atoms with Crippen LogP contribution < -0.4 is 33.2 Å². The average molecular weight is 1550 g/mol. The summed E-state index contributed by atoms with van der Waals surface area (Å²) in [5.41, 5.74) is 0. The molecule has 7 N–H and O–H groups in total. The van der Waals surface area contributed by atoms with Crippen molar-refractivity contribution in [2.24, 2.45) is 5.92 Å². The minimum Gasteiger partial charge on any atom is -0.479 e. The molecule has 21 nitrogen and oxygen atoms in total. The van der Waals surface area contributed by atoms with Gasteiger partial charge in [-0.15, -0.1) is 0 Å². The summed E-state index contributed by atoms with van der Waals surface area (Å²) in [5, 5.41) is 63.1. The van der Waals surface area contributed by atoms with Gasteiger partial charge in [0.25, 0.3) is 0 Å². The first-order valence-electron chi connectivity index (χ1n) is 28.7. The monoisotopic (exact) mass is 1540 g/mol. The third-order valence-corrected chi connectivity index (χ3v) is 13.5. The highest BCUT2D eigenvalue weighted by Gasteiger charge is 2.24. The van der Waals surface area contributed by atoms with Crippen molar-refractivity contribution < 1.29 is 107 Å². The molecule has 0 radical (unpaired) electrons. The Morgan fingerprint density at radius 3 is 0.792 bits per heavy atom. The lowest BCUT2D eigenvalue weighted by Crippen LogP contribution is -2.32. The quantitative estimate of drug-likeness (QED) is 0.0279. The van der Waals surface area contributed by atoms with E-state index in [1.807, 2.05) is 6.92 Å². The summed E-state index contributed by atoms with van der Waals surface area (Å²) in [6, 6.07) is 45.7. The van der Waals surface area contributed by atoms with Crippen LogP contribution >= 0.6 is 78.3 Å². The van der Waals surface area contributed by atoms with Crippen LogP contribution in [0, 0.1) is 11.7 Å². The van der Waals surface area contributed by atoms with Gasteiger partial charge in [-0.1, -0.05) is 112 Å². The minimum absolute atomic E-state index is 0.0850. The molecular formula is C68H73Br2Cl4FO21. The molecule has 7 atom stereocenters. The highest BCUT2D eigenvalue weighted by atomic mass is 79.9. The molecule has 0 aliphatic rings. The van der Waals surface area contributed by atoms with Crippen LogP contribution in [0.5, 0.6) is 40.2 Å². The largest absolute Gasteiger partial charge is 0.479 e. The summed E-state index contributed by atoms with van der Waals surface area (Å²) in [6.07, 6.45) is -4.12. The minimum atomic E-state index is -1.05. The second kappa shape index (κ2) is 46.6. The van der Waals surface area contributed by atoms with E-state index in [1.54, 1.807) is 166 Å². The summed E-state index contributed by atoms with van der Waals surface area (Å²) in [6.45, 7) is 13.1. The van der Waals surface area contributed by atoms with Crippen molar-refractivity contribution in [2.75, 3.05) is 0 Å². The maximum Gasteiger partial charge on any atom is 0.345 e. The number of carboxylic acid groups (broad SMARTS) is 7. The summed E-state index contributed by atoms with van der Waals surface area (Å²) < 4.78 is 50.4. The molecule has 7 aromatic carbocycles. The van der Waals surface area contributed by atoms with Crippen LogP contribution in [0.4, 0.5) is 4.39 Å². The molecule has 0 saturated carbocycles. The van der Waals surface area contributed by atoms with E-state index in [9.17, 15) is 38.0 Å². The van der Waals surface area contributed by atoms with Gasteiger partial charge < -0.3 is 68.9 Å². The van der Waals surface area contributed by atoms with E-state index < -0.39 is 84.5 Å². The number of carbonyl (C=O) groups is 7. The lowest BCUT2D eigenvalue weighted by atomic mass is 10.1. The Kier molecular flexibility index (Phi) is 41.5. The number of hydrogen-bond acceptors (Lipinski definition) is 14. The molecule has 0 aliphatic carbocycles. The molecule has 0 fully saturated rings. The van der Waals surface area contributed by atoms with E-state index in [4.69, 9.17) is 115 Å². The zero-order chi connectivity index (χ0) is 72.6. The molecule has 28 heteroatoms. The van der Waals surface area contributed by atoms with Crippen molar-refractivity contribution in [1.29, 1.82) is 0 Å². The summed E-state index contributed by atoms with van der Waals surface area (Å²) in [5.74, 6) is -3.79. The fourth-order valence-corrected chi connectivity index (χ4v) is 7.39. The van der Waals surface area contributed by atoms with E-state index >= 15 is 0 Å². The molecule has 520 valence electrons. The molecule has 0 spiro atoms. The van der Waals surface area contributed by atoms with E-state index in [2.05, 4.69) is 31.9 Å². The average Bonchev–Trinajstić information content (AvgIpc) is 1.51. The Labute approximate surface area is 591 Å². The van der Waals surface area contributed by atoms with Gasteiger partial charge in [-0.2, -0.15) is 0 Å². The standard InChI is InChI=1S/2C11H13ClO3.C10H11ClO3.2C9H9BrO3.C9H9ClO3.C9H9FO3/c1-7(2)10(11(13)14)15-9-5-3-8(12)4-6-9;1-2-3-10(11(13)14)15-9-6-4-8(12)5-7-9;1-2-9(10(12)13)14-8-5-3-7(11)4-6-8;4*1-6(9(11)12)13-8-4-2-7(10)3-5-8/h3-7,10H,1-2H3,(H,13,14);4-7,10H,2-3H2,1H3,(H,13,14);3-6,9H,2H2,1H3,(H,12,13);4*2-6H,1H3,(H,11,12)/t;;;6-;;6-;/m...0.0./s1. The molecule has 7 aromatic rings. The summed E-state index contributed by atoms with van der Waals surface area (Å²) >= 11 is 29.3. The number of benzene rings is 7. The van der Waals surface area contributed by atoms with Crippen LogP contribution in [-0.4, -0.2) is 120 Å². The van der Waals surface area contributed by atoms with Crippen molar-refractivity contribution >= 4 is 120 Å². The van der Waals surface area contributed by atoms with E-state index in [0.29, 0.717) is 73.2 Å². The summed E-state index contributed by atoms with van der Waals surface area (Å²) in [4.78, 5) is 74.0. The van der Waals surface area contributed by atoms with Crippen molar-refractivity contribution in [3.8, 4) is 40.2 Å². The van der Waals surface area contributed by atoms with Crippen LogP contribution in [0.15, 0.2) is 179 Å². The molecule has 0 saturated heterocycles. The molecule has 0 aromatic heterocycles. The van der Waals surface area contributed by atoms with Crippen LogP contribution in [0.3, 0.4) is 0 Å². The van der Waals surface area contributed by atoms with Crippen LogP contribution in [0.25, 0.3) is 0 Å². The highest BCUT2D eigenvalue weighted by Crippen LogP contribution is 2.23. The fourth-order valence-electron chi connectivity index (χ4n) is 6.36. The zero-order valence-electron chi connectivity index (χ0n) is 52.9. The van der Waals surface area contributed by atoms with Gasteiger partial charge >= 0.3 is 41.8 Å². The predicted octanol–water partition coefficient (Wildman–Crippen LogP) is 16.9. The third kappa shape index (κ3) is 38.1. The topological polar surface area (TPSA) is 326 Å². The zero-order valence-corrected chi connectivity index (χ0v) is 59.1. The van der Waals surface area contributed by atoms with E-state index in [1.165, 1.54) is 52.0 Å². The maximum absolute atomic E-state index is 12.4. The van der Waals surface area contributed by atoms with Crippen molar-refractivity contribution in [3.63, 3.8) is 0 Å². The van der Waals surface area contributed by atoms with Crippen LogP contribution in [-0.2, 0) is 33.6 Å². The van der Waals surface area contributed by atoms with Crippen LogP contribution in [0.1, 0.15) is 74.7 Å². The first-order chi connectivity index (χ1) is 45.1. The lowest BCUT2D eigenvalue weighted by Gasteiger charge is -2.18. The molecule has 0 aliphatic heterocycles. The van der Waals surface area contributed by atoms with Gasteiger partial charge in [0.1, 0.15) is 46.1 Å². The van der Waals surface area contributed by atoms with Gasteiger partial charge in [0, 0.05) is 35.0 Å². The number of carboxylic acids is 7. The summed E-state index contributed by atoms with van der Waals surface area (Å²) in [7, 11) is 0. The smallest absolute Gasteiger partial charge is 0.345 e. The normalized spacial score (nSPS) is 12.2. The van der Waals surface area contributed by atoms with Gasteiger partial charge in [0.05, 0.1) is 0 Å². The second-order valence-corrected chi connectivity index (χ2v) is 23.4. The van der Waals surface area contributed by atoms with Gasteiger partial charge in [-0.05, 0) is 210 Å². The first-order valence-corrected chi connectivity index (χ1v) is 31.8. The highest BCUT2D eigenvalue weighted by molar-refractivity contribution is 9.10. The van der Waals surface area contributed by atoms with E-state index in [0.717, 1.165) is 15.4 Å². The number of hydrogen-bond donors (Lipinski definition) is 7. The molecule has 96 heavy (non-hydrogen) atoms. The van der Waals surface area contributed by atoms with Crippen molar-refractivity contribution in [2.45, 2.75) is 117 Å². The Hall–Kier alpha value is -8.52. The van der Waals surface area contributed by atoms with Gasteiger partial charge in [0.2, 0.25) is 0 Å². The fraction of sp³-hybridized carbons (Fsp3) is 0.279. The van der Waals surface area contributed by atoms with E-state index in [-0.39, 0.29) is 11.7 Å². The number of halogens is 7. The Morgan fingerprint density at radius 2 is 0.573 bits per heavy atom. The Morgan fingerprint density at radius 1 is 0.344 bits per heavy atom. The van der Waals surface area contributed by atoms with Crippen LogP contribution in [0.2, 0.25) is 20.1 Å². The maximum atomic E-state index is 12.4. The third-order valence-electron chi connectivity index (χ3n) is 11.5. The molecule has 0 amide bonds. The van der Waals surface area contributed by atoms with Crippen molar-refractivity contribution in [3.05, 3.63) is 205 Å². The Bertz CT molecular complexity index is 3170. The SMILES string of the molecule is CC(C)C(Oc1ccc(Cl)cc1)C(=O)O.CC(Oc1ccc(Br)cc1)C(=O)O.CC(Oc1ccc(F)cc1)C(=O)O.CCC(Oc1ccc(Cl)cc1)C(=O)O.CCCC(Oc1ccc(Cl)cc1)C(=O)O.C[C@H](Oc1ccc(Br)cc1)C(=O)O.C[C@H](Oc1ccc(Cl)cc1)C(=O)O. The molecule has 7 rings (SSSR count). The second-order valence-electron chi connectivity index (χ2n) is 19.8. The van der Waals surface area contributed by atoms with Gasteiger partial charge in [-0.3, -0.25) is 0 Å². The number of aliphatic carboxylic acids is 7. The molecule has 0 bridgehead atoms. The molecular weight excluding hydrogens is 1470 g/mol. The first kappa shape index (κ1) is 85.5.